The molecular formula is C21H19N3O3. The van der Waals surface area contributed by atoms with Crippen molar-refractivity contribution in [1.29, 1.82) is 0 Å². The Hall–Kier alpha value is -3.41. The van der Waals surface area contributed by atoms with Gasteiger partial charge in [0.1, 0.15) is 5.56 Å². The molecule has 3 aromatic rings. The van der Waals surface area contributed by atoms with E-state index in [-0.39, 0.29) is 23.9 Å². The Bertz CT molecular complexity index is 1070. The maximum Gasteiger partial charge on any atom is 0.260 e. The van der Waals surface area contributed by atoms with Gasteiger partial charge in [0.05, 0.1) is 6.04 Å². The first kappa shape index (κ1) is 17.0. The summed E-state index contributed by atoms with van der Waals surface area (Å²) in [5.41, 5.74) is 0.692. The van der Waals surface area contributed by atoms with E-state index in [0.717, 1.165) is 16.3 Å². The molecule has 6 heteroatoms. The average molecular weight is 361 g/mol. The average Bonchev–Trinajstić information content (AvgIpc) is 3.01. The van der Waals surface area contributed by atoms with Crippen molar-refractivity contribution in [3.8, 4) is 0 Å². The molecule has 2 heterocycles. The number of carbonyl (C=O) groups excluding carboxylic acids is 2. The van der Waals surface area contributed by atoms with Crippen LogP contribution in [0.3, 0.4) is 0 Å². The molecule has 1 saturated heterocycles. The summed E-state index contributed by atoms with van der Waals surface area (Å²) in [5, 5.41) is 5.05. The summed E-state index contributed by atoms with van der Waals surface area (Å²) >= 11 is 0. The van der Waals surface area contributed by atoms with Gasteiger partial charge in [0.2, 0.25) is 5.91 Å². The van der Waals surface area contributed by atoms with Crippen molar-refractivity contribution < 1.29 is 9.59 Å². The number of amides is 2. The summed E-state index contributed by atoms with van der Waals surface area (Å²) in [6.45, 7) is 0.928. The van der Waals surface area contributed by atoms with Crippen molar-refractivity contribution in [3.05, 3.63) is 82.3 Å². The second-order valence-electron chi connectivity index (χ2n) is 6.70. The lowest BCUT2D eigenvalue weighted by Gasteiger charge is -2.18. The molecule has 0 spiro atoms. The fraction of sp³-hybridized carbons (Fsp3) is 0.190. The van der Waals surface area contributed by atoms with Gasteiger partial charge in [-0.05, 0) is 28.5 Å². The lowest BCUT2D eigenvalue weighted by Crippen LogP contribution is -2.39. The Kier molecular flexibility index (Phi) is 4.46. The minimum Gasteiger partial charge on any atom is -0.347 e. The molecule has 136 valence electrons. The number of H-pyrrole nitrogens is 1. The van der Waals surface area contributed by atoms with Crippen molar-refractivity contribution in [2.24, 2.45) is 0 Å². The van der Waals surface area contributed by atoms with Gasteiger partial charge in [0.25, 0.3) is 11.5 Å². The molecule has 0 bridgehead atoms. The van der Waals surface area contributed by atoms with Gasteiger partial charge < -0.3 is 15.2 Å². The molecule has 6 nitrogen and oxygen atoms in total. The summed E-state index contributed by atoms with van der Waals surface area (Å²) in [6, 6.07) is 16.9. The molecule has 1 aliphatic heterocycles. The summed E-state index contributed by atoms with van der Waals surface area (Å²) in [5.74, 6) is -0.461. The molecule has 27 heavy (non-hydrogen) atoms. The van der Waals surface area contributed by atoms with Gasteiger partial charge in [0.15, 0.2) is 0 Å². The molecule has 0 unspecified atom stereocenters. The van der Waals surface area contributed by atoms with Gasteiger partial charge in [-0.3, -0.25) is 14.4 Å². The van der Waals surface area contributed by atoms with Crippen molar-refractivity contribution in [3.63, 3.8) is 0 Å². The third-order valence-electron chi connectivity index (χ3n) is 4.85. The van der Waals surface area contributed by atoms with Crippen LogP contribution in [-0.2, 0) is 11.3 Å². The number of aromatic amines is 1. The Balaban J connectivity index is 1.47. The summed E-state index contributed by atoms with van der Waals surface area (Å²) in [6.07, 6.45) is 1.71. The van der Waals surface area contributed by atoms with Crippen LogP contribution in [0.1, 0.15) is 22.3 Å². The second-order valence-corrected chi connectivity index (χ2v) is 6.70. The van der Waals surface area contributed by atoms with Gasteiger partial charge in [-0.2, -0.15) is 0 Å². The zero-order valence-electron chi connectivity index (χ0n) is 14.6. The number of nitrogens with one attached hydrogen (secondary N) is 2. The van der Waals surface area contributed by atoms with E-state index in [9.17, 15) is 14.4 Å². The fourth-order valence-electron chi connectivity index (χ4n) is 3.52. The number of benzene rings is 2. The first-order valence-corrected chi connectivity index (χ1v) is 8.85. The van der Waals surface area contributed by atoms with E-state index >= 15 is 0 Å². The molecule has 0 saturated carbocycles. The van der Waals surface area contributed by atoms with E-state index in [0.29, 0.717) is 13.1 Å². The Labute approximate surface area is 155 Å². The second kappa shape index (κ2) is 7.07. The topological polar surface area (TPSA) is 82.3 Å². The van der Waals surface area contributed by atoms with Crippen LogP contribution in [0.15, 0.2) is 65.6 Å². The molecule has 2 amide bonds. The van der Waals surface area contributed by atoms with Crippen molar-refractivity contribution >= 4 is 22.6 Å². The molecule has 1 atom stereocenters. The fourth-order valence-corrected chi connectivity index (χ4v) is 3.52. The predicted octanol–water partition coefficient (Wildman–Crippen LogP) is 2.06. The smallest absolute Gasteiger partial charge is 0.260 e. The highest BCUT2D eigenvalue weighted by Crippen LogP contribution is 2.22. The van der Waals surface area contributed by atoms with Crippen LogP contribution in [0, 0.1) is 0 Å². The van der Waals surface area contributed by atoms with E-state index in [1.54, 1.807) is 11.0 Å². The number of nitrogens with zero attached hydrogens (tertiary/aromatic N) is 1. The Morgan fingerprint density at radius 2 is 1.89 bits per heavy atom. The Morgan fingerprint density at radius 3 is 2.74 bits per heavy atom. The number of hydrogen-bond acceptors (Lipinski definition) is 3. The van der Waals surface area contributed by atoms with Gasteiger partial charge in [-0.25, -0.2) is 0 Å². The summed E-state index contributed by atoms with van der Waals surface area (Å²) < 4.78 is 0. The van der Waals surface area contributed by atoms with E-state index in [1.165, 1.54) is 12.3 Å². The normalized spacial score (nSPS) is 16.7. The van der Waals surface area contributed by atoms with Gasteiger partial charge in [0, 0.05) is 25.7 Å². The molecule has 1 fully saturated rings. The Morgan fingerprint density at radius 1 is 1.07 bits per heavy atom. The van der Waals surface area contributed by atoms with Crippen molar-refractivity contribution in [2.45, 2.75) is 19.0 Å². The first-order valence-electron chi connectivity index (χ1n) is 8.85. The standard InChI is InChI=1S/C21H19N3O3/c25-19-11-16(23-21(27)18-9-4-10-22-20(18)26)13-24(19)12-15-7-3-6-14-5-1-2-8-17(14)15/h1-10,16H,11-13H2,(H,22,26)(H,23,27)/t16-/m0/s1. The number of fused-ring (bicyclic) bond motifs is 1. The highest BCUT2D eigenvalue weighted by molar-refractivity contribution is 5.94. The highest BCUT2D eigenvalue weighted by Gasteiger charge is 2.31. The van der Waals surface area contributed by atoms with Crippen molar-refractivity contribution in [2.75, 3.05) is 6.54 Å². The molecule has 1 aliphatic rings. The highest BCUT2D eigenvalue weighted by atomic mass is 16.2. The molecule has 2 N–H and O–H groups in total. The number of aromatic nitrogens is 1. The van der Waals surface area contributed by atoms with Crippen LogP contribution in [-0.4, -0.2) is 34.3 Å². The van der Waals surface area contributed by atoms with Gasteiger partial charge in [-0.15, -0.1) is 0 Å². The van der Waals surface area contributed by atoms with E-state index in [1.807, 2.05) is 42.5 Å². The molecule has 0 aliphatic carbocycles. The molecular weight excluding hydrogens is 342 g/mol. The number of likely N-dealkylation sites (tertiary alicyclic amines) is 1. The van der Waals surface area contributed by atoms with E-state index < -0.39 is 11.5 Å². The van der Waals surface area contributed by atoms with Crippen LogP contribution in [0.2, 0.25) is 0 Å². The summed E-state index contributed by atoms with van der Waals surface area (Å²) in [7, 11) is 0. The number of hydrogen-bond donors (Lipinski definition) is 2. The van der Waals surface area contributed by atoms with E-state index in [2.05, 4.69) is 10.3 Å². The van der Waals surface area contributed by atoms with Gasteiger partial charge in [-0.1, -0.05) is 42.5 Å². The third-order valence-corrected chi connectivity index (χ3v) is 4.85. The number of pyridine rings is 1. The largest absolute Gasteiger partial charge is 0.347 e. The van der Waals surface area contributed by atoms with Crippen LogP contribution >= 0.6 is 0 Å². The maximum absolute atomic E-state index is 12.4. The predicted molar refractivity (Wildman–Crippen MR) is 102 cm³/mol. The van der Waals surface area contributed by atoms with Crippen LogP contribution in [0.25, 0.3) is 10.8 Å². The number of rotatable bonds is 4. The van der Waals surface area contributed by atoms with Crippen LogP contribution < -0.4 is 10.9 Å². The van der Waals surface area contributed by atoms with Crippen LogP contribution in [0.4, 0.5) is 0 Å². The minimum absolute atomic E-state index is 0.00444. The van der Waals surface area contributed by atoms with E-state index in [4.69, 9.17) is 0 Å². The molecule has 1 aromatic heterocycles. The lowest BCUT2D eigenvalue weighted by molar-refractivity contribution is -0.128. The SMILES string of the molecule is O=C(N[C@H]1CC(=O)N(Cc2cccc3ccccc23)C1)c1ccc[nH]c1=O. The molecule has 4 rings (SSSR count). The first-order chi connectivity index (χ1) is 13.1. The molecule has 2 aromatic carbocycles. The van der Waals surface area contributed by atoms with Gasteiger partial charge >= 0.3 is 0 Å². The molecule has 0 radical (unpaired) electrons. The lowest BCUT2D eigenvalue weighted by atomic mass is 10.0. The monoisotopic (exact) mass is 361 g/mol. The quantitative estimate of drug-likeness (QED) is 0.746. The summed E-state index contributed by atoms with van der Waals surface area (Å²) in [4.78, 5) is 40.7. The minimum atomic E-state index is -0.457. The van der Waals surface area contributed by atoms with Crippen LogP contribution in [0.5, 0.6) is 0 Å². The zero-order valence-corrected chi connectivity index (χ0v) is 14.6. The number of carbonyl (C=O) groups is 2. The zero-order chi connectivity index (χ0) is 18.8. The van der Waals surface area contributed by atoms with Crippen molar-refractivity contribution in [1.82, 2.24) is 15.2 Å². The maximum atomic E-state index is 12.4. The third kappa shape index (κ3) is 3.46.